The number of pyridine rings is 1. The van der Waals surface area contributed by atoms with Gasteiger partial charge in [0.25, 0.3) is 0 Å². The number of aromatic nitrogens is 3. The van der Waals surface area contributed by atoms with Crippen molar-refractivity contribution < 1.29 is 25.8 Å². The average molecular weight is 357 g/mol. The lowest BCUT2D eigenvalue weighted by molar-refractivity contribution is -0.0500. The first kappa shape index (κ1) is 16.2. The van der Waals surface area contributed by atoms with Crippen molar-refractivity contribution in [3.8, 4) is 16.9 Å². The van der Waals surface area contributed by atoms with E-state index < -0.39 is 21.4 Å². The molecule has 3 rings (SSSR count). The van der Waals surface area contributed by atoms with Crippen molar-refractivity contribution in [1.82, 2.24) is 14.8 Å². The first-order chi connectivity index (χ1) is 11.2. The molecule has 0 fully saturated rings. The first-order valence-electron chi connectivity index (χ1n) is 6.56. The number of hydrogen-bond acceptors (Lipinski definition) is 5. The maximum Gasteiger partial charge on any atom is 0.534 e. The zero-order chi connectivity index (χ0) is 17.5. The van der Waals surface area contributed by atoms with Crippen LogP contribution in [0, 0.1) is 0 Å². The molecule has 0 aliphatic rings. The fourth-order valence-corrected chi connectivity index (χ4v) is 2.65. The Balaban J connectivity index is 2.19. The van der Waals surface area contributed by atoms with Gasteiger partial charge >= 0.3 is 15.6 Å². The first-order valence-corrected chi connectivity index (χ1v) is 7.97. The summed E-state index contributed by atoms with van der Waals surface area (Å²) in [4.78, 5) is 3.95. The van der Waals surface area contributed by atoms with Crippen molar-refractivity contribution >= 4 is 21.0 Å². The molecule has 0 radical (unpaired) electrons. The van der Waals surface area contributed by atoms with Gasteiger partial charge in [-0.15, -0.1) is 0 Å². The third-order valence-electron chi connectivity index (χ3n) is 3.30. The molecule has 24 heavy (non-hydrogen) atoms. The Morgan fingerprint density at radius 3 is 2.58 bits per heavy atom. The van der Waals surface area contributed by atoms with E-state index in [1.807, 2.05) is 0 Å². The lowest BCUT2D eigenvalue weighted by atomic mass is 10.0. The fraction of sp³-hybridized carbons (Fsp3) is 0.143. The highest BCUT2D eigenvalue weighted by atomic mass is 32.2. The molecule has 0 bridgehead atoms. The van der Waals surface area contributed by atoms with Gasteiger partial charge in [-0.1, -0.05) is 6.07 Å². The Morgan fingerprint density at radius 2 is 1.96 bits per heavy atom. The Morgan fingerprint density at radius 1 is 1.21 bits per heavy atom. The van der Waals surface area contributed by atoms with Crippen LogP contribution < -0.4 is 4.18 Å². The molecule has 0 aliphatic carbocycles. The van der Waals surface area contributed by atoms with E-state index in [0.717, 1.165) is 0 Å². The van der Waals surface area contributed by atoms with Crippen LogP contribution in [0.5, 0.6) is 5.75 Å². The molecule has 126 valence electrons. The van der Waals surface area contributed by atoms with E-state index in [1.165, 1.54) is 29.2 Å². The molecular weight excluding hydrogens is 347 g/mol. The molecule has 3 aromatic rings. The summed E-state index contributed by atoms with van der Waals surface area (Å²) in [6.07, 6.45) is 4.57. The molecule has 0 saturated heterocycles. The van der Waals surface area contributed by atoms with Crippen molar-refractivity contribution in [1.29, 1.82) is 0 Å². The van der Waals surface area contributed by atoms with Crippen LogP contribution in [0.1, 0.15) is 0 Å². The minimum atomic E-state index is -5.76. The predicted octanol–water partition coefficient (Wildman–Crippen LogP) is 2.86. The largest absolute Gasteiger partial charge is 0.534 e. The maximum absolute atomic E-state index is 12.5. The quantitative estimate of drug-likeness (QED) is 0.532. The third kappa shape index (κ3) is 2.80. The summed E-state index contributed by atoms with van der Waals surface area (Å²) in [7, 11) is -4.18. The predicted molar refractivity (Wildman–Crippen MR) is 79.5 cm³/mol. The van der Waals surface area contributed by atoms with Crippen LogP contribution in [0.2, 0.25) is 0 Å². The van der Waals surface area contributed by atoms with Crippen molar-refractivity contribution in [3.05, 3.63) is 42.9 Å². The number of hydrogen-bond donors (Lipinski definition) is 0. The average Bonchev–Trinajstić information content (AvgIpc) is 2.87. The van der Waals surface area contributed by atoms with Crippen LogP contribution in [0.25, 0.3) is 22.0 Å². The summed E-state index contributed by atoms with van der Waals surface area (Å²) >= 11 is 0. The molecule has 1 aromatic carbocycles. The SMILES string of the molecule is Cn1ncc2c(-c3cccnc3)cc(OS(=O)(=O)C(F)(F)F)cc21. The Labute approximate surface area is 134 Å². The summed E-state index contributed by atoms with van der Waals surface area (Å²) in [6, 6.07) is 5.74. The maximum atomic E-state index is 12.5. The van der Waals surface area contributed by atoms with Gasteiger partial charge < -0.3 is 4.18 Å². The zero-order valence-corrected chi connectivity index (χ0v) is 13.0. The van der Waals surface area contributed by atoms with Crippen LogP contribution in [-0.4, -0.2) is 28.7 Å². The number of alkyl halides is 3. The van der Waals surface area contributed by atoms with E-state index in [2.05, 4.69) is 14.3 Å². The van der Waals surface area contributed by atoms with Crippen molar-refractivity contribution in [2.24, 2.45) is 7.05 Å². The molecule has 6 nitrogen and oxygen atoms in total. The summed E-state index contributed by atoms with van der Waals surface area (Å²) in [5.74, 6) is -0.456. The van der Waals surface area contributed by atoms with Crippen molar-refractivity contribution in [2.75, 3.05) is 0 Å². The molecule has 0 saturated carbocycles. The van der Waals surface area contributed by atoms with Crippen LogP contribution in [0.4, 0.5) is 13.2 Å². The lowest BCUT2D eigenvalue weighted by Crippen LogP contribution is -2.28. The van der Waals surface area contributed by atoms with Gasteiger partial charge in [0, 0.05) is 36.5 Å². The van der Waals surface area contributed by atoms with E-state index >= 15 is 0 Å². The highest BCUT2D eigenvalue weighted by molar-refractivity contribution is 7.88. The third-order valence-corrected chi connectivity index (χ3v) is 4.28. The zero-order valence-electron chi connectivity index (χ0n) is 12.1. The molecule has 0 aliphatic heterocycles. The molecule has 2 aromatic heterocycles. The van der Waals surface area contributed by atoms with Crippen LogP contribution in [0.15, 0.2) is 42.9 Å². The highest BCUT2D eigenvalue weighted by Crippen LogP contribution is 2.35. The molecule has 0 N–H and O–H groups in total. The van der Waals surface area contributed by atoms with Gasteiger partial charge in [-0.3, -0.25) is 9.67 Å². The minimum Gasteiger partial charge on any atom is -0.376 e. The molecule has 0 amide bonds. The van der Waals surface area contributed by atoms with Crippen LogP contribution in [0.3, 0.4) is 0 Å². The van der Waals surface area contributed by atoms with E-state index in [0.29, 0.717) is 22.0 Å². The van der Waals surface area contributed by atoms with Gasteiger partial charge in [-0.05, 0) is 17.7 Å². The van der Waals surface area contributed by atoms with Crippen LogP contribution in [-0.2, 0) is 17.2 Å². The number of aryl methyl sites for hydroxylation is 1. The number of rotatable bonds is 3. The molecule has 0 spiro atoms. The number of benzene rings is 1. The topological polar surface area (TPSA) is 74.1 Å². The monoisotopic (exact) mass is 357 g/mol. The second kappa shape index (κ2) is 5.48. The number of nitrogens with zero attached hydrogens (tertiary/aromatic N) is 3. The van der Waals surface area contributed by atoms with E-state index in [4.69, 9.17) is 0 Å². The molecule has 2 heterocycles. The number of fused-ring (bicyclic) bond motifs is 1. The second-order valence-corrected chi connectivity index (χ2v) is 6.43. The Kier molecular flexibility index (Phi) is 3.71. The summed E-state index contributed by atoms with van der Waals surface area (Å²) < 4.78 is 65.8. The lowest BCUT2D eigenvalue weighted by Gasteiger charge is -2.11. The summed E-state index contributed by atoms with van der Waals surface area (Å²) in [6.45, 7) is 0. The van der Waals surface area contributed by atoms with E-state index in [9.17, 15) is 21.6 Å². The van der Waals surface area contributed by atoms with Gasteiger partial charge in [-0.2, -0.15) is 26.7 Å². The molecule has 0 unspecified atom stereocenters. The second-order valence-electron chi connectivity index (χ2n) is 4.90. The fourth-order valence-electron chi connectivity index (χ4n) is 2.21. The summed E-state index contributed by atoms with van der Waals surface area (Å²) in [5.41, 5.74) is -4.04. The number of halogens is 3. The van der Waals surface area contributed by atoms with Gasteiger partial charge in [0.05, 0.1) is 11.7 Å². The van der Waals surface area contributed by atoms with Gasteiger partial charge in [0.15, 0.2) is 0 Å². The molecular formula is C14H10F3N3O3S. The smallest absolute Gasteiger partial charge is 0.376 e. The van der Waals surface area contributed by atoms with Crippen molar-refractivity contribution in [3.63, 3.8) is 0 Å². The summed E-state index contributed by atoms with van der Waals surface area (Å²) in [5, 5.41) is 4.66. The van der Waals surface area contributed by atoms with Gasteiger partial charge in [0.1, 0.15) is 5.75 Å². The van der Waals surface area contributed by atoms with Gasteiger partial charge in [-0.25, -0.2) is 0 Å². The molecule has 0 atom stereocenters. The van der Waals surface area contributed by atoms with Crippen LogP contribution >= 0.6 is 0 Å². The van der Waals surface area contributed by atoms with Gasteiger partial charge in [0.2, 0.25) is 0 Å². The highest BCUT2D eigenvalue weighted by Gasteiger charge is 2.48. The Bertz CT molecular complexity index is 999. The molecule has 10 heteroatoms. The Hall–Kier alpha value is -2.62. The van der Waals surface area contributed by atoms with E-state index in [-0.39, 0.29) is 0 Å². The van der Waals surface area contributed by atoms with Crippen molar-refractivity contribution in [2.45, 2.75) is 5.51 Å². The van der Waals surface area contributed by atoms with E-state index in [1.54, 1.807) is 25.4 Å². The minimum absolute atomic E-state index is 0.420. The standard InChI is InChI=1S/C14H10F3N3O3S/c1-20-13-6-10(23-24(21,22)14(15,16)17)5-11(12(13)8-19-20)9-3-2-4-18-7-9/h2-8H,1H3. The normalized spacial score (nSPS) is 12.5.